The largest absolute Gasteiger partial charge is 0.446 e. The fourth-order valence-corrected chi connectivity index (χ4v) is 1.81. The third-order valence-electron chi connectivity index (χ3n) is 2.55. The second-order valence-electron chi connectivity index (χ2n) is 3.91. The first-order chi connectivity index (χ1) is 7.37. The molecular formula is C9H15F3N2O2. The average Bonchev–Trinajstić information content (AvgIpc) is 2.14. The van der Waals surface area contributed by atoms with Crippen LogP contribution in [0.3, 0.4) is 0 Å². The zero-order valence-corrected chi connectivity index (χ0v) is 8.72. The van der Waals surface area contributed by atoms with Crippen LogP contribution in [0, 0.1) is 0 Å². The van der Waals surface area contributed by atoms with E-state index in [4.69, 9.17) is 10.5 Å². The molecule has 1 amide bonds. The summed E-state index contributed by atoms with van der Waals surface area (Å²) in [5, 5.41) is 2.44. The maximum absolute atomic E-state index is 11.9. The van der Waals surface area contributed by atoms with Crippen molar-refractivity contribution in [3.8, 4) is 0 Å². The van der Waals surface area contributed by atoms with Gasteiger partial charge in [-0.05, 0) is 25.7 Å². The van der Waals surface area contributed by atoms with Gasteiger partial charge in [0.15, 0.2) is 0 Å². The molecule has 0 aromatic rings. The van der Waals surface area contributed by atoms with Gasteiger partial charge in [-0.2, -0.15) is 13.2 Å². The predicted octanol–water partition coefficient (Wildman–Crippen LogP) is 1.54. The standard InChI is InChI=1S/C9H15F3N2O2/c10-9(11,12)5-14-6-1-3-7(4-2-6)16-8(13)15/h6-7,14H,1-5H2,(H2,13,15). The molecule has 0 saturated heterocycles. The quantitative estimate of drug-likeness (QED) is 0.786. The van der Waals surface area contributed by atoms with Crippen molar-refractivity contribution in [2.45, 2.75) is 44.0 Å². The van der Waals surface area contributed by atoms with Crippen molar-refractivity contribution in [3.63, 3.8) is 0 Å². The molecule has 0 atom stereocenters. The Balaban J connectivity index is 2.19. The number of carbonyl (C=O) groups is 1. The molecule has 1 fully saturated rings. The van der Waals surface area contributed by atoms with E-state index in [0.29, 0.717) is 25.7 Å². The number of hydrogen-bond donors (Lipinski definition) is 2. The van der Waals surface area contributed by atoms with E-state index < -0.39 is 18.8 Å². The Morgan fingerprint density at radius 1 is 1.31 bits per heavy atom. The van der Waals surface area contributed by atoms with E-state index in [1.807, 2.05) is 0 Å². The first-order valence-corrected chi connectivity index (χ1v) is 5.13. The van der Waals surface area contributed by atoms with Gasteiger partial charge in [0.1, 0.15) is 6.10 Å². The summed E-state index contributed by atoms with van der Waals surface area (Å²) in [6.45, 7) is -0.973. The topological polar surface area (TPSA) is 64.4 Å². The number of halogens is 3. The summed E-state index contributed by atoms with van der Waals surface area (Å²) in [7, 11) is 0. The predicted molar refractivity (Wildman–Crippen MR) is 50.8 cm³/mol. The van der Waals surface area contributed by atoms with Crippen LogP contribution in [-0.2, 0) is 4.74 Å². The molecule has 0 spiro atoms. The highest BCUT2D eigenvalue weighted by Gasteiger charge is 2.30. The van der Waals surface area contributed by atoms with Crippen molar-refractivity contribution in [3.05, 3.63) is 0 Å². The van der Waals surface area contributed by atoms with Crippen LogP contribution >= 0.6 is 0 Å². The van der Waals surface area contributed by atoms with Gasteiger partial charge in [0.2, 0.25) is 0 Å². The molecule has 4 nitrogen and oxygen atoms in total. The van der Waals surface area contributed by atoms with Gasteiger partial charge >= 0.3 is 12.3 Å². The van der Waals surface area contributed by atoms with Crippen molar-refractivity contribution in [2.24, 2.45) is 5.73 Å². The molecule has 0 aromatic heterocycles. The van der Waals surface area contributed by atoms with Crippen molar-refractivity contribution in [1.82, 2.24) is 5.32 Å². The molecule has 16 heavy (non-hydrogen) atoms. The Kier molecular flexibility index (Phi) is 4.40. The summed E-state index contributed by atoms with van der Waals surface area (Å²) in [6, 6.07) is -0.158. The van der Waals surface area contributed by atoms with Gasteiger partial charge in [-0.3, -0.25) is 0 Å². The second-order valence-corrected chi connectivity index (χ2v) is 3.91. The Hall–Kier alpha value is -0.980. The third kappa shape index (κ3) is 5.20. The minimum Gasteiger partial charge on any atom is -0.446 e. The maximum atomic E-state index is 11.9. The van der Waals surface area contributed by atoms with Crippen LogP contribution in [0.1, 0.15) is 25.7 Å². The zero-order chi connectivity index (χ0) is 12.2. The minimum atomic E-state index is -4.18. The molecule has 1 saturated carbocycles. The summed E-state index contributed by atoms with van der Waals surface area (Å²) in [5.74, 6) is 0. The summed E-state index contributed by atoms with van der Waals surface area (Å²) < 4.78 is 40.5. The average molecular weight is 240 g/mol. The monoisotopic (exact) mass is 240 g/mol. The van der Waals surface area contributed by atoms with Gasteiger partial charge in [0, 0.05) is 6.04 Å². The maximum Gasteiger partial charge on any atom is 0.404 e. The molecule has 1 aliphatic rings. The molecule has 0 radical (unpaired) electrons. The SMILES string of the molecule is NC(=O)OC1CCC(NCC(F)(F)F)CC1. The molecule has 1 rings (SSSR count). The zero-order valence-electron chi connectivity index (χ0n) is 8.72. The molecule has 94 valence electrons. The minimum absolute atomic E-state index is 0.158. The first kappa shape index (κ1) is 13.1. The third-order valence-corrected chi connectivity index (χ3v) is 2.55. The Labute approximate surface area is 91.3 Å². The highest BCUT2D eigenvalue weighted by Crippen LogP contribution is 2.22. The van der Waals surface area contributed by atoms with E-state index >= 15 is 0 Å². The lowest BCUT2D eigenvalue weighted by atomic mass is 9.93. The number of carbonyl (C=O) groups excluding carboxylic acids is 1. The molecule has 3 N–H and O–H groups in total. The highest BCUT2D eigenvalue weighted by atomic mass is 19.4. The Morgan fingerprint density at radius 3 is 2.31 bits per heavy atom. The number of hydrogen-bond acceptors (Lipinski definition) is 3. The normalized spacial score (nSPS) is 26.4. The summed E-state index contributed by atoms with van der Waals surface area (Å²) >= 11 is 0. The van der Waals surface area contributed by atoms with Crippen LogP contribution in [0.15, 0.2) is 0 Å². The smallest absolute Gasteiger partial charge is 0.404 e. The van der Waals surface area contributed by atoms with E-state index in [2.05, 4.69) is 5.32 Å². The summed E-state index contributed by atoms with van der Waals surface area (Å²) in [5.41, 5.74) is 4.85. The molecule has 0 heterocycles. The number of alkyl halides is 3. The highest BCUT2D eigenvalue weighted by molar-refractivity contribution is 5.64. The van der Waals surface area contributed by atoms with E-state index in [-0.39, 0.29) is 12.1 Å². The number of rotatable bonds is 3. The van der Waals surface area contributed by atoms with Crippen molar-refractivity contribution in [2.75, 3.05) is 6.54 Å². The van der Waals surface area contributed by atoms with Gasteiger partial charge in [-0.25, -0.2) is 4.79 Å². The van der Waals surface area contributed by atoms with Crippen LogP contribution in [-0.4, -0.2) is 31.0 Å². The number of nitrogens with two attached hydrogens (primary N) is 1. The first-order valence-electron chi connectivity index (χ1n) is 5.13. The van der Waals surface area contributed by atoms with Crippen molar-refractivity contribution in [1.29, 1.82) is 0 Å². The van der Waals surface area contributed by atoms with Crippen LogP contribution in [0.5, 0.6) is 0 Å². The van der Waals surface area contributed by atoms with Gasteiger partial charge in [0.25, 0.3) is 0 Å². The van der Waals surface area contributed by atoms with Gasteiger partial charge in [-0.1, -0.05) is 0 Å². The summed E-state index contributed by atoms with van der Waals surface area (Å²) in [6.07, 6.45) is -3.02. The number of ether oxygens (including phenoxy) is 1. The van der Waals surface area contributed by atoms with Crippen LogP contribution < -0.4 is 11.1 Å². The molecule has 7 heteroatoms. The number of amides is 1. The fourth-order valence-electron chi connectivity index (χ4n) is 1.81. The van der Waals surface area contributed by atoms with Crippen LogP contribution in [0.2, 0.25) is 0 Å². The van der Waals surface area contributed by atoms with Crippen LogP contribution in [0.25, 0.3) is 0 Å². The Bertz CT molecular complexity index is 237. The summed E-state index contributed by atoms with van der Waals surface area (Å²) in [4.78, 5) is 10.4. The molecule has 0 unspecified atom stereocenters. The molecule has 0 aromatic carbocycles. The van der Waals surface area contributed by atoms with E-state index in [0.717, 1.165) is 0 Å². The molecular weight excluding hydrogens is 225 g/mol. The van der Waals surface area contributed by atoms with Gasteiger partial charge < -0.3 is 15.8 Å². The molecule has 0 aliphatic heterocycles. The van der Waals surface area contributed by atoms with E-state index in [1.54, 1.807) is 0 Å². The van der Waals surface area contributed by atoms with E-state index in [9.17, 15) is 18.0 Å². The number of primary amides is 1. The fraction of sp³-hybridized carbons (Fsp3) is 0.889. The van der Waals surface area contributed by atoms with Crippen molar-refractivity contribution < 1.29 is 22.7 Å². The van der Waals surface area contributed by atoms with Crippen LogP contribution in [0.4, 0.5) is 18.0 Å². The van der Waals surface area contributed by atoms with Gasteiger partial charge in [-0.15, -0.1) is 0 Å². The van der Waals surface area contributed by atoms with Crippen molar-refractivity contribution >= 4 is 6.09 Å². The lowest BCUT2D eigenvalue weighted by Crippen LogP contribution is -2.41. The second kappa shape index (κ2) is 5.38. The Morgan fingerprint density at radius 2 is 1.88 bits per heavy atom. The number of nitrogens with one attached hydrogen (secondary N) is 1. The molecule has 0 bridgehead atoms. The lowest BCUT2D eigenvalue weighted by molar-refractivity contribution is -0.126. The molecule has 1 aliphatic carbocycles. The lowest BCUT2D eigenvalue weighted by Gasteiger charge is -2.28. The van der Waals surface area contributed by atoms with Gasteiger partial charge in [0.05, 0.1) is 6.54 Å². The van der Waals surface area contributed by atoms with E-state index in [1.165, 1.54) is 0 Å².